The highest BCUT2D eigenvalue weighted by molar-refractivity contribution is 5.09. The predicted molar refractivity (Wildman–Crippen MR) is 62.2 cm³/mol. The largest absolute Gasteiger partial charge is 0.409 e. The van der Waals surface area contributed by atoms with E-state index in [-0.39, 0.29) is 6.08 Å². The minimum Gasteiger partial charge on any atom is -0.197 e. The summed E-state index contributed by atoms with van der Waals surface area (Å²) in [6.07, 6.45) is 0.817. The zero-order valence-electron chi connectivity index (χ0n) is 10.4. The first-order valence-corrected chi connectivity index (χ1v) is 6.00. The van der Waals surface area contributed by atoms with Crippen molar-refractivity contribution in [3.8, 4) is 12.1 Å². The van der Waals surface area contributed by atoms with Gasteiger partial charge in [0.25, 0.3) is 0 Å². The monoisotopic (exact) mass is 258 g/mol. The standard InChI is InChI=1S/C13H17F3N2/c1-2-3-4-5-6-11(12(9-17)10-18)7-8-13(14,15)16/h7-8,11-12H,2-6H2,1H3/b8-7+. The molecule has 0 aromatic rings. The summed E-state index contributed by atoms with van der Waals surface area (Å²) in [5.41, 5.74) is 0. The van der Waals surface area contributed by atoms with E-state index >= 15 is 0 Å². The van der Waals surface area contributed by atoms with E-state index in [1.807, 2.05) is 6.92 Å². The van der Waals surface area contributed by atoms with Crippen molar-refractivity contribution in [2.45, 2.75) is 45.2 Å². The van der Waals surface area contributed by atoms with Crippen LogP contribution in [0.3, 0.4) is 0 Å². The third-order valence-electron chi connectivity index (χ3n) is 2.63. The Morgan fingerprint density at radius 2 is 1.72 bits per heavy atom. The number of alkyl halides is 3. The molecule has 0 rings (SSSR count). The molecule has 0 aliphatic heterocycles. The lowest BCUT2D eigenvalue weighted by atomic mass is 9.89. The first-order valence-electron chi connectivity index (χ1n) is 6.00. The molecule has 0 radical (unpaired) electrons. The van der Waals surface area contributed by atoms with E-state index in [9.17, 15) is 13.2 Å². The van der Waals surface area contributed by atoms with Gasteiger partial charge in [-0.15, -0.1) is 0 Å². The molecule has 18 heavy (non-hydrogen) atoms. The van der Waals surface area contributed by atoms with Gasteiger partial charge in [-0.05, 0) is 6.42 Å². The minimum atomic E-state index is -4.39. The Kier molecular flexibility index (Phi) is 7.87. The number of hydrogen-bond donors (Lipinski definition) is 0. The summed E-state index contributed by atoms with van der Waals surface area (Å²) in [5.74, 6) is -1.65. The van der Waals surface area contributed by atoms with Crippen LogP contribution < -0.4 is 0 Å². The van der Waals surface area contributed by atoms with Gasteiger partial charge in [0.2, 0.25) is 0 Å². The van der Waals surface area contributed by atoms with E-state index in [2.05, 4.69) is 0 Å². The van der Waals surface area contributed by atoms with Crippen molar-refractivity contribution < 1.29 is 13.2 Å². The average molecular weight is 258 g/mol. The Hall–Kier alpha value is -1.49. The zero-order valence-corrected chi connectivity index (χ0v) is 10.4. The second-order valence-electron chi connectivity index (χ2n) is 4.15. The smallest absolute Gasteiger partial charge is 0.197 e. The highest BCUT2D eigenvalue weighted by Gasteiger charge is 2.25. The maximum atomic E-state index is 12.1. The molecule has 5 heteroatoms. The summed E-state index contributed by atoms with van der Waals surface area (Å²) in [4.78, 5) is 0. The quantitative estimate of drug-likeness (QED) is 0.503. The molecule has 0 aliphatic carbocycles. The van der Waals surface area contributed by atoms with Crippen LogP contribution in [0, 0.1) is 34.5 Å². The summed E-state index contributed by atoms with van der Waals surface area (Å²) in [6.45, 7) is 2.04. The highest BCUT2D eigenvalue weighted by Crippen LogP contribution is 2.24. The molecule has 1 unspecified atom stereocenters. The van der Waals surface area contributed by atoms with Gasteiger partial charge in [0.05, 0.1) is 12.1 Å². The van der Waals surface area contributed by atoms with E-state index in [0.29, 0.717) is 6.42 Å². The molecule has 0 N–H and O–H groups in total. The maximum Gasteiger partial charge on any atom is 0.409 e. The first kappa shape index (κ1) is 16.5. The summed E-state index contributed by atoms with van der Waals surface area (Å²) in [7, 11) is 0. The fraction of sp³-hybridized carbons (Fsp3) is 0.692. The molecule has 0 saturated heterocycles. The molecule has 0 bridgehead atoms. The average Bonchev–Trinajstić information content (AvgIpc) is 2.30. The van der Waals surface area contributed by atoms with Crippen LogP contribution in [0.1, 0.15) is 39.0 Å². The number of rotatable bonds is 7. The lowest BCUT2D eigenvalue weighted by Crippen LogP contribution is -2.11. The van der Waals surface area contributed by atoms with E-state index in [0.717, 1.165) is 31.8 Å². The van der Waals surface area contributed by atoms with Crippen LogP contribution in [0.4, 0.5) is 13.2 Å². The van der Waals surface area contributed by atoms with Gasteiger partial charge in [0, 0.05) is 12.0 Å². The van der Waals surface area contributed by atoms with Crippen LogP contribution in [-0.4, -0.2) is 6.18 Å². The van der Waals surface area contributed by atoms with Gasteiger partial charge in [-0.2, -0.15) is 23.7 Å². The Labute approximate surface area is 106 Å². The number of hydrogen-bond acceptors (Lipinski definition) is 2. The van der Waals surface area contributed by atoms with Crippen LogP contribution in [0.25, 0.3) is 0 Å². The third-order valence-corrected chi connectivity index (χ3v) is 2.63. The van der Waals surface area contributed by atoms with Crippen LogP contribution in [0.15, 0.2) is 12.2 Å². The lowest BCUT2D eigenvalue weighted by Gasteiger charge is -2.13. The molecular formula is C13H17F3N2. The fourth-order valence-corrected chi connectivity index (χ4v) is 1.63. The van der Waals surface area contributed by atoms with E-state index in [1.54, 1.807) is 12.1 Å². The topological polar surface area (TPSA) is 47.6 Å². The Morgan fingerprint density at radius 1 is 1.11 bits per heavy atom. The zero-order chi connectivity index (χ0) is 14.0. The Balaban J connectivity index is 4.50. The van der Waals surface area contributed by atoms with Crippen molar-refractivity contribution in [3.63, 3.8) is 0 Å². The van der Waals surface area contributed by atoms with E-state index < -0.39 is 18.0 Å². The van der Waals surface area contributed by atoms with Crippen molar-refractivity contribution in [1.29, 1.82) is 10.5 Å². The van der Waals surface area contributed by atoms with Crippen molar-refractivity contribution in [2.75, 3.05) is 0 Å². The molecule has 1 atom stereocenters. The fourth-order valence-electron chi connectivity index (χ4n) is 1.63. The molecule has 100 valence electrons. The van der Waals surface area contributed by atoms with Crippen molar-refractivity contribution >= 4 is 0 Å². The molecule has 0 saturated carbocycles. The van der Waals surface area contributed by atoms with Crippen LogP contribution >= 0.6 is 0 Å². The summed E-state index contributed by atoms with van der Waals surface area (Å²) >= 11 is 0. The van der Waals surface area contributed by atoms with E-state index in [1.165, 1.54) is 0 Å². The molecule has 0 fully saturated rings. The first-order chi connectivity index (χ1) is 8.44. The van der Waals surface area contributed by atoms with Gasteiger partial charge in [-0.25, -0.2) is 0 Å². The maximum absolute atomic E-state index is 12.1. The Bertz CT molecular complexity index is 320. The summed E-state index contributed by atoms with van der Waals surface area (Å²) in [5, 5.41) is 17.5. The van der Waals surface area contributed by atoms with E-state index in [4.69, 9.17) is 10.5 Å². The molecular weight excluding hydrogens is 241 g/mol. The third kappa shape index (κ3) is 7.73. The van der Waals surface area contributed by atoms with Gasteiger partial charge in [-0.3, -0.25) is 0 Å². The van der Waals surface area contributed by atoms with Gasteiger partial charge < -0.3 is 0 Å². The SMILES string of the molecule is CCCCCCC(/C=C/C(F)(F)F)C(C#N)C#N. The number of allylic oxidation sites excluding steroid dienone is 2. The second kappa shape index (κ2) is 8.58. The second-order valence-corrected chi connectivity index (χ2v) is 4.15. The summed E-state index contributed by atoms with van der Waals surface area (Å²) < 4.78 is 36.2. The van der Waals surface area contributed by atoms with Crippen LogP contribution in [-0.2, 0) is 0 Å². The number of nitriles is 2. The van der Waals surface area contributed by atoms with Crippen molar-refractivity contribution in [3.05, 3.63) is 12.2 Å². The molecule has 0 aliphatic rings. The normalized spacial score (nSPS) is 13.5. The van der Waals surface area contributed by atoms with Crippen LogP contribution in [0.5, 0.6) is 0 Å². The number of halogens is 3. The van der Waals surface area contributed by atoms with Crippen molar-refractivity contribution in [1.82, 2.24) is 0 Å². The van der Waals surface area contributed by atoms with Gasteiger partial charge in [0.15, 0.2) is 0 Å². The predicted octanol–water partition coefficient (Wildman–Crippen LogP) is 4.35. The summed E-state index contributed by atoms with van der Waals surface area (Å²) in [6, 6.07) is 3.50. The molecule has 0 amide bonds. The lowest BCUT2D eigenvalue weighted by molar-refractivity contribution is -0.0803. The molecule has 0 heterocycles. The van der Waals surface area contributed by atoms with Gasteiger partial charge in [0.1, 0.15) is 5.92 Å². The van der Waals surface area contributed by atoms with Crippen LogP contribution in [0.2, 0.25) is 0 Å². The van der Waals surface area contributed by atoms with Crippen molar-refractivity contribution in [2.24, 2.45) is 11.8 Å². The molecule has 0 aromatic carbocycles. The number of nitrogens with zero attached hydrogens (tertiary/aromatic N) is 2. The van der Waals surface area contributed by atoms with Gasteiger partial charge >= 0.3 is 6.18 Å². The molecule has 0 aromatic heterocycles. The number of unbranched alkanes of at least 4 members (excludes halogenated alkanes) is 3. The molecule has 0 spiro atoms. The Morgan fingerprint density at radius 3 is 2.17 bits per heavy atom. The highest BCUT2D eigenvalue weighted by atomic mass is 19.4. The van der Waals surface area contributed by atoms with Gasteiger partial charge in [-0.1, -0.05) is 38.7 Å². The molecule has 2 nitrogen and oxygen atoms in total. The minimum absolute atomic E-state index is 0.124.